The first-order valence-corrected chi connectivity index (χ1v) is 8.11. The molecule has 0 saturated heterocycles. The molecule has 1 aromatic heterocycles. The molecule has 4 rings (SSSR count). The number of anilines is 2. The highest BCUT2D eigenvalue weighted by Gasteiger charge is 2.37. The maximum atomic E-state index is 12.6. The van der Waals surface area contributed by atoms with Crippen molar-refractivity contribution in [3.8, 4) is 0 Å². The van der Waals surface area contributed by atoms with Gasteiger partial charge < -0.3 is 11.1 Å². The Morgan fingerprint density at radius 1 is 1.17 bits per heavy atom. The van der Waals surface area contributed by atoms with Crippen LogP contribution in [0.2, 0.25) is 5.02 Å². The molecule has 6 nitrogen and oxygen atoms in total. The van der Waals surface area contributed by atoms with E-state index in [4.69, 9.17) is 17.3 Å². The van der Waals surface area contributed by atoms with Gasteiger partial charge in [0.1, 0.15) is 5.82 Å². The second-order valence-corrected chi connectivity index (χ2v) is 6.43. The number of H-pyrrole nitrogens is 1. The lowest BCUT2D eigenvalue weighted by atomic mass is 9.76. The number of aromatic amines is 1. The number of nitrogens with two attached hydrogens (primary N) is 1. The number of aromatic nitrogens is 2. The van der Waals surface area contributed by atoms with Crippen molar-refractivity contribution in [2.24, 2.45) is 0 Å². The maximum absolute atomic E-state index is 12.6. The molecule has 0 saturated carbocycles. The summed E-state index contributed by atoms with van der Waals surface area (Å²) in [4.78, 5) is 31.9. The summed E-state index contributed by atoms with van der Waals surface area (Å²) < 4.78 is 0. The summed E-state index contributed by atoms with van der Waals surface area (Å²) in [6, 6.07) is 7.19. The monoisotopic (exact) mass is 342 g/mol. The maximum Gasteiger partial charge on any atom is 0.258 e. The average Bonchev–Trinajstić information content (AvgIpc) is 2.54. The second-order valence-electron chi connectivity index (χ2n) is 5.99. The van der Waals surface area contributed by atoms with Gasteiger partial charge in [-0.05, 0) is 30.5 Å². The predicted octanol–water partition coefficient (Wildman–Crippen LogP) is 2.57. The molecule has 1 aromatic carbocycles. The van der Waals surface area contributed by atoms with E-state index < -0.39 is 5.92 Å². The van der Waals surface area contributed by atoms with Crippen LogP contribution >= 0.6 is 11.6 Å². The third-order valence-corrected chi connectivity index (χ3v) is 4.73. The molecule has 122 valence electrons. The molecule has 0 fully saturated rings. The van der Waals surface area contributed by atoms with Crippen LogP contribution in [0.4, 0.5) is 11.8 Å². The Balaban J connectivity index is 1.99. The van der Waals surface area contributed by atoms with Crippen molar-refractivity contribution in [1.29, 1.82) is 0 Å². The molecule has 2 aliphatic rings. The number of carbonyl (C=O) groups excluding carboxylic acids is 1. The van der Waals surface area contributed by atoms with Crippen molar-refractivity contribution in [2.75, 3.05) is 11.1 Å². The Morgan fingerprint density at radius 2 is 1.92 bits per heavy atom. The van der Waals surface area contributed by atoms with Crippen LogP contribution < -0.4 is 16.6 Å². The molecule has 0 radical (unpaired) electrons. The predicted molar refractivity (Wildman–Crippen MR) is 92.1 cm³/mol. The lowest BCUT2D eigenvalue weighted by molar-refractivity contribution is -0.116. The number of nitrogen functional groups attached to an aromatic ring is 1. The molecule has 0 spiro atoms. The number of Topliss-reactive ketones (excluding diaryl/α,β-unsaturated/α-hetero) is 1. The van der Waals surface area contributed by atoms with Gasteiger partial charge in [-0.3, -0.25) is 14.6 Å². The number of hydrogen-bond acceptors (Lipinski definition) is 5. The summed E-state index contributed by atoms with van der Waals surface area (Å²) in [6.07, 6.45) is 2.02. The van der Waals surface area contributed by atoms with Crippen molar-refractivity contribution >= 4 is 29.2 Å². The lowest BCUT2D eigenvalue weighted by Gasteiger charge is -2.32. The van der Waals surface area contributed by atoms with E-state index in [1.807, 2.05) is 12.1 Å². The van der Waals surface area contributed by atoms with Gasteiger partial charge in [-0.1, -0.05) is 23.7 Å². The summed E-state index contributed by atoms with van der Waals surface area (Å²) in [6.45, 7) is 0. The SMILES string of the molecule is Nc1nc2c(c(=O)[nH]1)C(c1ccc(Cl)cc1)C1=C(CCCC1=O)N2. The van der Waals surface area contributed by atoms with E-state index in [9.17, 15) is 9.59 Å². The molecular weight excluding hydrogens is 328 g/mol. The highest BCUT2D eigenvalue weighted by molar-refractivity contribution is 6.30. The Labute approximate surface area is 142 Å². The third-order valence-electron chi connectivity index (χ3n) is 4.48. The first-order chi connectivity index (χ1) is 11.5. The molecule has 1 aliphatic heterocycles. The standard InChI is InChI=1S/C17H15ClN4O2/c18-9-6-4-8(5-7-9)12-13-10(2-1-3-11(13)23)20-15-14(12)16(24)22-17(19)21-15/h4-7,12H,1-3H2,(H4,19,20,21,22,24). The van der Waals surface area contributed by atoms with Crippen LogP contribution in [0.5, 0.6) is 0 Å². The van der Waals surface area contributed by atoms with Gasteiger partial charge >= 0.3 is 0 Å². The zero-order chi connectivity index (χ0) is 16.8. The Kier molecular flexibility index (Phi) is 3.42. The highest BCUT2D eigenvalue weighted by atomic mass is 35.5. The van der Waals surface area contributed by atoms with Gasteiger partial charge in [-0.2, -0.15) is 4.98 Å². The molecular formula is C17H15ClN4O2. The van der Waals surface area contributed by atoms with Crippen LogP contribution in [0.3, 0.4) is 0 Å². The largest absolute Gasteiger partial charge is 0.369 e. The van der Waals surface area contributed by atoms with E-state index >= 15 is 0 Å². The van der Waals surface area contributed by atoms with E-state index in [0.29, 0.717) is 28.4 Å². The topological polar surface area (TPSA) is 101 Å². The number of halogens is 1. The van der Waals surface area contributed by atoms with Crippen LogP contribution in [0.15, 0.2) is 40.3 Å². The molecule has 0 amide bonds. The summed E-state index contributed by atoms with van der Waals surface area (Å²) in [7, 11) is 0. The summed E-state index contributed by atoms with van der Waals surface area (Å²) in [5.74, 6) is 0.0701. The van der Waals surface area contributed by atoms with Crippen LogP contribution in [-0.2, 0) is 4.79 Å². The Hall–Kier alpha value is -2.60. The minimum absolute atomic E-state index is 0.0484. The number of ketones is 1. The normalized spacial score (nSPS) is 19.5. The molecule has 1 atom stereocenters. The number of carbonyl (C=O) groups is 1. The smallest absolute Gasteiger partial charge is 0.258 e. The average molecular weight is 343 g/mol. The number of rotatable bonds is 1. The van der Waals surface area contributed by atoms with E-state index in [0.717, 1.165) is 24.1 Å². The summed E-state index contributed by atoms with van der Waals surface area (Å²) >= 11 is 5.98. The second kappa shape index (κ2) is 5.49. The molecule has 24 heavy (non-hydrogen) atoms. The van der Waals surface area contributed by atoms with Gasteiger partial charge in [0.05, 0.1) is 5.56 Å². The highest BCUT2D eigenvalue weighted by Crippen LogP contribution is 2.43. The first-order valence-electron chi connectivity index (χ1n) is 7.73. The number of benzene rings is 1. The Bertz CT molecular complexity index is 931. The van der Waals surface area contributed by atoms with E-state index in [1.165, 1.54) is 0 Å². The molecule has 0 bridgehead atoms. The Morgan fingerprint density at radius 3 is 2.67 bits per heavy atom. The van der Waals surface area contributed by atoms with Crippen molar-refractivity contribution in [2.45, 2.75) is 25.2 Å². The van der Waals surface area contributed by atoms with Crippen LogP contribution in [0.25, 0.3) is 0 Å². The minimum Gasteiger partial charge on any atom is -0.369 e. The summed E-state index contributed by atoms with van der Waals surface area (Å²) in [5.41, 5.74) is 8.07. The van der Waals surface area contributed by atoms with Gasteiger partial charge in [-0.15, -0.1) is 0 Å². The van der Waals surface area contributed by atoms with Crippen LogP contribution in [0.1, 0.15) is 36.3 Å². The third kappa shape index (κ3) is 2.30. The quantitative estimate of drug-likeness (QED) is 0.739. The van der Waals surface area contributed by atoms with E-state index in [-0.39, 0.29) is 17.3 Å². The number of nitrogens with zero attached hydrogens (tertiary/aromatic N) is 1. The molecule has 2 heterocycles. The summed E-state index contributed by atoms with van der Waals surface area (Å²) in [5, 5.41) is 3.74. The van der Waals surface area contributed by atoms with Crippen molar-refractivity contribution in [3.63, 3.8) is 0 Å². The van der Waals surface area contributed by atoms with E-state index in [1.54, 1.807) is 12.1 Å². The molecule has 7 heteroatoms. The molecule has 2 aromatic rings. The molecule has 4 N–H and O–H groups in total. The zero-order valence-corrected chi connectivity index (χ0v) is 13.5. The number of nitrogens with one attached hydrogen (secondary N) is 2. The number of hydrogen-bond donors (Lipinski definition) is 3. The first kappa shape index (κ1) is 15.0. The minimum atomic E-state index is -0.460. The number of allylic oxidation sites excluding steroid dienone is 2. The fourth-order valence-corrected chi connectivity index (χ4v) is 3.59. The fourth-order valence-electron chi connectivity index (χ4n) is 3.47. The molecule has 1 aliphatic carbocycles. The van der Waals surface area contributed by atoms with Gasteiger partial charge in [0.2, 0.25) is 5.95 Å². The van der Waals surface area contributed by atoms with Gasteiger partial charge in [0.25, 0.3) is 5.56 Å². The van der Waals surface area contributed by atoms with Crippen molar-refractivity contribution in [1.82, 2.24) is 9.97 Å². The van der Waals surface area contributed by atoms with Crippen LogP contribution in [0, 0.1) is 0 Å². The molecule has 1 unspecified atom stereocenters. The van der Waals surface area contributed by atoms with E-state index in [2.05, 4.69) is 15.3 Å². The van der Waals surface area contributed by atoms with Crippen molar-refractivity contribution in [3.05, 3.63) is 62.0 Å². The van der Waals surface area contributed by atoms with Gasteiger partial charge in [0.15, 0.2) is 5.78 Å². The van der Waals surface area contributed by atoms with Gasteiger partial charge in [0, 0.05) is 28.6 Å². The number of fused-ring (bicyclic) bond motifs is 1. The fraction of sp³-hybridized carbons (Fsp3) is 0.235. The zero-order valence-electron chi connectivity index (χ0n) is 12.7. The van der Waals surface area contributed by atoms with Crippen molar-refractivity contribution < 1.29 is 4.79 Å². The lowest BCUT2D eigenvalue weighted by Crippen LogP contribution is -2.32. The van der Waals surface area contributed by atoms with Crippen LogP contribution in [-0.4, -0.2) is 15.8 Å². The van der Waals surface area contributed by atoms with Gasteiger partial charge in [-0.25, -0.2) is 0 Å².